The van der Waals surface area contributed by atoms with E-state index in [-0.39, 0.29) is 13.1 Å². The van der Waals surface area contributed by atoms with Gasteiger partial charge in [0.25, 0.3) is 0 Å². The molecule has 26 heavy (non-hydrogen) atoms. The average Bonchev–Trinajstić information content (AvgIpc) is 2.97. The highest BCUT2D eigenvalue weighted by Gasteiger charge is 2.44. The largest absolute Gasteiger partial charge is 0.457 e. The zero-order valence-corrected chi connectivity index (χ0v) is 15.1. The van der Waals surface area contributed by atoms with Gasteiger partial charge in [-0.1, -0.05) is 6.08 Å². The topological polar surface area (TPSA) is 95.3 Å². The van der Waals surface area contributed by atoms with Crippen molar-refractivity contribution in [3.8, 4) is 0 Å². The summed E-state index contributed by atoms with van der Waals surface area (Å²) in [5, 5.41) is 0. The Kier molecular flexibility index (Phi) is 6.43. The average molecular weight is 365 g/mol. The first-order valence-electron chi connectivity index (χ1n) is 8.25. The van der Waals surface area contributed by atoms with Crippen molar-refractivity contribution in [3.05, 3.63) is 30.5 Å². The van der Waals surface area contributed by atoms with Crippen LogP contribution in [0.3, 0.4) is 0 Å². The molecule has 1 saturated heterocycles. The van der Waals surface area contributed by atoms with Crippen LogP contribution in [0, 0.1) is 0 Å². The summed E-state index contributed by atoms with van der Waals surface area (Å²) in [4.78, 5) is 36.3. The highest BCUT2D eigenvalue weighted by atomic mass is 16.6. The molecule has 0 radical (unpaired) electrons. The van der Waals surface area contributed by atoms with Gasteiger partial charge < -0.3 is 23.5 Å². The van der Waals surface area contributed by atoms with E-state index in [1.807, 2.05) is 6.07 Å². The smallest absolute Gasteiger partial charge is 0.303 e. The van der Waals surface area contributed by atoms with Crippen LogP contribution in [-0.2, 0) is 35.0 Å². The molecule has 1 fully saturated rings. The SMILES string of the molecule is C=CCc1ccoc1N1C[C@H](OC(C)=O)[C@H](OC(C)=O)[C@H](OC(C)=O)C1. The van der Waals surface area contributed by atoms with Crippen LogP contribution in [0.15, 0.2) is 29.4 Å². The Hall–Kier alpha value is -2.77. The van der Waals surface area contributed by atoms with Crippen LogP contribution in [0.25, 0.3) is 0 Å². The van der Waals surface area contributed by atoms with E-state index < -0.39 is 36.2 Å². The molecule has 8 heteroatoms. The molecule has 0 saturated carbocycles. The molecule has 1 aromatic heterocycles. The number of furan rings is 1. The highest BCUT2D eigenvalue weighted by Crippen LogP contribution is 2.29. The van der Waals surface area contributed by atoms with Gasteiger partial charge in [0.2, 0.25) is 0 Å². The minimum absolute atomic E-state index is 0.229. The summed E-state index contributed by atoms with van der Waals surface area (Å²) in [5.41, 5.74) is 0.897. The summed E-state index contributed by atoms with van der Waals surface area (Å²) in [6.45, 7) is 7.95. The van der Waals surface area contributed by atoms with E-state index in [4.69, 9.17) is 18.6 Å². The number of ether oxygens (including phenoxy) is 3. The minimum atomic E-state index is -0.894. The number of allylic oxidation sites excluding steroid dienone is 1. The lowest BCUT2D eigenvalue weighted by atomic mass is 10.0. The molecule has 0 aliphatic carbocycles. The summed E-state index contributed by atoms with van der Waals surface area (Å²) < 4.78 is 21.5. The number of carbonyl (C=O) groups is 3. The van der Waals surface area contributed by atoms with Crippen molar-refractivity contribution < 1.29 is 33.0 Å². The van der Waals surface area contributed by atoms with Crippen LogP contribution in [0.5, 0.6) is 0 Å². The van der Waals surface area contributed by atoms with E-state index in [1.165, 1.54) is 20.8 Å². The molecule has 2 heterocycles. The number of hydrogen-bond donors (Lipinski definition) is 0. The second kappa shape index (κ2) is 8.55. The summed E-state index contributed by atoms with van der Waals surface area (Å²) >= 11 is 0. The Morgan fingerprint density at radius 2 is 1.65 bits per heavy atom. The zero-order valence-electron chi connectivity index (χ0n) is 15.1. The highest BCUT2D eigenvalue weighted by molar-refractivity contribution is 5.68. The fraction of sp³-hybridized carbons (Fsp3) is 0.500. The summed E-state index contributed by atoms with van der Waals surface area (Å²) in [5.74, 6) is -1.04. The van der Waals surface area contributed by atoms with E-state index in [2.05, 4.69) is 6.58 Å². The molecule has 0 unspecified atom stereocenters. The van der Waals surface area contributed by atoms with E-state index >= 15 is 0 Å². The molecule has 142 valence electrons. The maximum Gasteiger partial charge on any atom is 0.303 e. The number of hydrogen-bond acceptors (Lipinski definition) is 8. The summed E-state index contributed by atoms with van der Waals surface area (Å²) in [6, 6.07) is 1.82. The first-order chi connectivity index (χ1) is 12.3. The number of anilines is 1. The number of esters is 3. The predicted molar refractivity (Wildman–Crippen MR) is 91.5 cm³/mol. The van der Waals surface area contributed by atoms with Gasteiger partial charge in [-0.25, -0.2) is 0 Å². The summed E-state index contributed by atoms with van der Waals surface area (Å²) in [7, 11) is 0. The van der Waals surface area contributed by atoms with Gasteiger partial charge in [0.05, 0.1) is 19.4 Å². The maximum absolute atomic E-state index is 11.5. The lowest BCUT2D eigenvalue weighted by Gasteiger charge is -2.41. The second-order valence-corrected chi connectivity index (χ2v) is 6.02. The number of carbonyl (C=O) groups excluding carboxylic acids is 3. The molecular weight excluding hydrogens is 342 g/mol. The first kappa shape index (κ1) is 19.6. The molecule has 3 atom stereocenters. The molecule has 1 aliphatic rings. The van der Waals surface area contributed by atoms with Gasteiger partial charge in [0.15, 0.2) is 24.2 Å². The number of nitrogens with zero attached hydrogens (tertiary/aromatic N) is 1. The van der Waals surface area contributed by atoms with Gasteiger partial charge in [-0.2, -0.15) is 0 Å². The third kappa shape index (κ3) is 4.87. The van der Waals surface area contributed by atoms with E-state index in [1.54, 1.807) is 17.2 Å². The van der Waals surface area contributed by atoms with Crippen molar-refractivity contribution in [2.75, 3.05) is 18.0 Å². The Bertz CT molecular complexity index is 655. The zero-order chi connectivity index (χ0) is 19.3. The maximum atomic E-state index is 11.5. The Morgan fingerprint density at radius 3 is 2.12 bits per heavy atom. The van der Waals surface area contributed by atoms with Crippen molar-refractivity contribution in [2.45, 2.75) is 45.5 Å². The van der Waals surface area contributed by atoms with Crippen molar-refractivity contribution in [3.63, 3.8) is 0 Å². The second-order valence-electron chi connectivity index (χ2n) is 6.02. The fourth-order valence-electron chi connectivity index (χ4n) is 3.02. The van der Waals surface area contributed by atoms with Crippen LogP contribution in [-0.4, -0.2) is 49.3 Å². The Morgan fingerprint density at radius 1 is 1.12 bits per heavy atom. The third-order valence-corrected chi connectivity index (χ3v) is 3.85. The van der Waals surface area contributed by atoms with Crippen molar-refractivity contribution in [1.82, 2.24) is 0 Å². The Labute approximate surface area is 151 Å². The van der Waals surface area contributed by atoms with Crippen LogP contribution in [0.2, 0.25) is 0 Å². The van der Waals surface area contributed by atoms with Crippen molar-refractivity contribution in [2.24, 2.45) is 0 Å². The quantitative estimate of drug-likeness (QED) is 0.426. The van der Waals surface area contributed by atoms with Gasteiger partial charge in [0, 0.05) is 26.3 Å². The normalized spacial score (nSPS) is 22.4. The van der Waals surface area contributed by atoms with Crippen LogP contribution in [0.4, 0.5) is 5.88 Å². The van der Waals surface area contributed by atoms with Gasteiger partial charge in [-0.05, 0) is 12.5 Å². The molecule has 0 amide bonds. The van der Waals surface area contributed by atoms with Crippen molar-refractivity contribution in [1.29, 1.82) is 0 Å². The lowest BCUT2D eigenvalue weighted by molar-refractivity contribution is -0.184. The van der Waals surface area contributed by atoms with Gasteiger partial charge >= 0.3 is 17.9 Å². The van der Waals surface area contributed by atoms with Crippen LogP contribution >= 0.6 is 0 Å². The first-order valence-corrected chi connectivity index (χ1v) is 8.25. The lowest BCUT2D eigenvalue weighted by Crippen LogP contribution is -2.59. The third-order valence-electron chi connectivity index (χ3n) is 3.85. The molecule has 0 N–H and O–H groups in total. The summed E-state index contributed by atoms with van der Waals surface area (Å²) in [6.07, 6.45) is 1.37. The van der Waals surface area contributed by atoms with Gasteiger partial charge in [-0.15, -0.1) is 6.58 Å². The molecule has 0 aromatic carbocycles. The number of piperidine rings is 1. The molecule has 1 aliphatic heterocycles. The minimum Gasteiger partial charge on any atom is -0.457 e. The van der Waals surface area contributed by atoms with Crippen LogP contribution < -0.4 is 4.90 Å². The predicted octanol–water partition coefficient (Wildman–Crippen LogP) is 1.62. The molecule has 0 bridgehead atoms. The number of rotatable bonds is 6. The molecule has 1 aromatic rings. The van der Waals surface area contributed by atoms with E-state index in [0.717, 1.165) is 5.56 Å². The van der Waals surface area contributed by atoms with Gasteiger partial charge in [-0.3, -0.25) is 14.4 Å². The van der Waals surface area contributed by atoms with Crippen LogP contribution in [0.1, 0.15) is 26.3 Å². The molecule has 0 spiro atoms. The van der Waals surface area contributed by atoms with E-state index in [9.17, 15) is 14.4 Å². The Balaban J connectivity index is 2.33. The monoisotopic (exact) mass is 365 g/mol. The van der Waals surface area contributed by atoms with Crippen molar-refractivity contribution >= 4 is 23.8 Å². The fourth-order valence-corrected chi connectivity index (χ4v) is 3.02. The van der Waals surface area contributed by atoms with Gasteiger partial charge in [0.1, 0.15) is 0 Å². The molecular formula is C18H23NO7. The van der Waals surface area contributed by atoms with E-state index in [0.29, 0.717) is 12.3 Å². The molecule has 2 rings (SSSR count). The molecule has 8 nitrogen and oxygen atoms in total. The standard InChI is InChI=1S/C18H23NO7/c1-5-6-14-7-8-23-18(14)19-9-15(24-11(2)20)17(26-13(4)22)16(10-19)25-12(3)21/h5,7-8,15-17H,1,6,9-10H2,2-4H3/t15-,16+,17-.